The van der Waals surface area contributed by atoms with Crippen LogP contribution in [-0.2, 0) is 9.59 Å². The molecule has 0 spiro atoms. The highest BCUT2D eigenvalue weighted by Gasteiger charge is 2.17. The van der Waals surface area contributed by atoms with Crippen LogP contribution in [0.2, 0.25) is 0 Å². The van der Waals surface area contributed by atoms with Gasteiger partial charge in [-0.15, -0.1) is 11.6 Å². The summed E-state index contributed by atoms with van der Waals surface area (Å²) in [5, 5.41) is 4.63. The first-order valence-corrected chi connectivity index (χ1v) is 5.50. The lowest BCUT2D eigenvalue weighted by atomic mass is 10.2. The second kappa shape index (κ2) is 6.67. The summed E-state index contributed by atoms with van der Waals surface area (Å²) in [6, 6.07) is -0.544. The Morgan fingerprint density at radius 1 is 1.13 bits per heavy atom. The van der Waals surface area contributed by atoms with Crippen LogP contribution < -0.4 is 10.6 Å². The second-order valence-electron chi connectivity index (χ2n) is 3.99. The molecule has 0 aliphatic heterocycles. The average Bonchev–Trinajstić information content (AvgIpc) is 2.13. The van der Waals surface area contributed by atoms with Crippen molar-refractivity contribution in [1.82, 2.24) is 10.6 Å². The number of carbonyl (C=O) groups excluding carboxylic acids is 2. The van der Waals surface area contributed by atoms with Gasteiger partial charge in [-0.2, -0.15) is 0 Å². The van der Waals surface area contributed by atoms with E-state index in [2.05, 4.69) is 10.6 Å². The minimum Gasteiger partial charge on any atom is -0.354 e. The van der Waals surface area contributed by atoms with Crippen LogP contribution in [0.5, 0.6) is 0 Å². The van der Waals surface area contributed by atoms with Crippen LogP contribution in [0.25, 0.3) is 0 Å². The van der Waals surface area contributed by atoms with E-state index in [9.17, 15) is 9.59 Å². The van der Waals surface area contributed by atoms with E-state index >= 15 is 0 Å². The summed E-state index contributed by atoms with van der Waals surface area (Å²) in [6.07, 6.45) is 0. The molecule has 0 rings (SSSR count). The quantitative estimate of drug-likeness (QED) is 0.695. The van der Waals surface area contributed by atoms with Gasteiger partial charge >= 0.3 is 0 Å². The van der Waals surface area contributed by atoms with Crippen LogP contribution in [0.15, 0.2) is 0 Å². The SMILES string of the molecule is CC(C)CNC(=O)C(C)NC(=O)C(C)Cl. The Balaban J connectivity index is 3.94. The average molecular weight is 235 g/mol. The molecule has 0 saturated carbocycles. The molecule has 2 N–H and O–H groups in total. The lowest BCUT2D eigenvalue weighted by Crippen LogP contribution is -2.47. The fourth-order valence-corrected chi connectivity index (χ4v) is 0.915. The first-order valence-electron chi connectivity index (χ1n) is 5.06. The number of nitrogens with one attached hydrogen (secondary N) is 2. The first-order chi connectivity index (χ1) is 6.84. The fourth-order valence-electron chi connectivity index (χ4n) is 0.852. The van der Waals surface area contributed by atoms with Gasteiger partial charge < -0.3 is 10.6 Å². The molecule has 2 unspecified atom stereocenters. The Kier molecular flexibility index (Phi) is 6.32. The molecule has 4 nitrogen and oxygen atoms in total. The highest BCUT2D eigenvalue weighted by atomic mass is 35.5. The summed E-state index contributed by atoms with van der Waals surface area (Å²) < 4.78 is 0. The Hall–Kier alpha value is -0.770. The number of carbonyl (C=O) groups is 2. The van der Waals surface area contributed by atoms with E-state index in [1.54, 1.807) is 13.8 Å². The number of hydrogen-bond donors (Lipinski definition) is 2. The van der Waals surface area contributed by atoms with Crippen LogP contribution in [0.4, 0.5) is 0 Å². The molecule has 0 radical (unpaired) electrons. The predicted octanol–water partition coefficient (Wildman–Crippen LogP) is 0.891. The van der Waals surface area contributed by atoms with E-state index in [1.807, 2.05) is 13.8 Å². The Morgan fingerprint density at radius 3 is 2.07 bits per heavy atom. The Morgan fingerprint density at radius 2 is 1.67 bits per heavy atom. The predicted molar refractivity (Wildman–Crippen MR) is 60.8 cm³/mol. The van der Waals surface area contributed by atoms with E-state index in [-0.39, 0.29) is 11.8 Å². The number of amides is 2. The molecule has 0 fully saturated rings. The topological polar surface area (TPSA) is 58.2 Å². The van der Waals surface area contributed by atoms with Gasteiger partial charge in [0.25, 0.3) is 0 Å². The van der Waals surface area contributed by atoms with E-state index in [0.717, 1.165) is 0 Å². The van der Waals surface area contributed by atoms with Gasteiger partial charge in [0, 0.05) is 6.54 Å². The smallest absolute Gasteiger partial charge is 0.242 e. The van der Waals surface area contributed by atoms with Gasteiger partial charge in [-0.25, -0.2) is 0 Å². The molecule has 0 aliphatic rings. The van der Waals surface area contributed by atoms with Gasteiger partial charge in [-0.3, -0.25) is 9.59 Å². The first kappa shape index (κ1) is 14.2. The van der Waals surface area contributed by atoms with E-state index < -0.39 is 11.4 Å². The summed E-state index contributed by atoms with van der Waals surface area (Å²) in [7, 11) is 0. The van der Waals surface area contributed by atoms with Gasteiger partial charge in [0.05, 0.1) is 0 Å². The van der Waals surface area contributed by atoms with E-state index in [1.165, 1.54) is 0 Å². The minimum absolute atomic E-state index is 0.186. The largest absolute Gasteiger partial charge is 0.354 e. The van der Waals surface area contributed by atoms with Gasteiger partial charge in [0.15, 0.2) is 0 Å². The molecular formula is C10H19ClN2O2. The molecule has 5 heteroatoms. The van der Waals surface area contributed by atoms with Gasteiger partial charge in [0.2, 0.25) is 11.8 Å². The lowest BCUT2D eigenvalue weighted by Gasteiger charge is -2.15. The molecule has 0 aromatic heterocycles. The third-order valence-corrected chi connectivity index (χ3v) is 2.00. The highest BCUT2D eigenvalue weighted by molar-refractivity contribution is 6.30. The van der Waals surface area contributed by atoms with Crippen molar-refractivity contribution in [3.63, 3.8) is 0 Å². The zero-order valence-electron chi connectivity index (χ0n) is 9.63. The molecule has 0 bridgehead atoms. The Bertz CT molecular complexity index is 229. The van der Waals surface area contributed by atoms with Crippen LogP contribution in [0.3, 0.4) is 0 Å². The van der Waals surface area contributed by atoms with Crippen molar-refractivity contribution >= 4 is 23.4 Å². The maximum Gasteiger partial charge on any atom is 0.242 e. The van der Waals surface area contributed by atoms with Crippen molar-refractivity contribution < 1.29 is 9.59 Å². The van der Waals surface area contributed by atoms with Crippen molar-refractivity contribution in [3.8, 4) is 0 Å². The molecule has 2 amide bonds. The van der Waals surface area contributed by atoms with Crippen LogP contribution in [0, 0.1) is 5.92 Å². The van der Waals surface area contributed by atoms with Crippen molar-refractivity contribution in [1.29, 1.82) is 0 Å². The fraction of sp³-hybridized carbons (Fsp3) is 0.800. The molecule has 15 heavy (non-hydrogen) atoms. The minimum atomic E-state index is -0.620. The molecule has 0 aliphatic carbocycles. The normalized spacial score (nSPS) is 14.5. The monoisotopic (exact) mass is 234 g/mol. The number of hydrogen-bond acceptors (Lipinski definition) is 2. The number of rotatable bonds is 5. The van der Waals surface area contributed by atoms with E-state index in [0.29, 0.717) is 12.5 Å². The molecular weight excluding hydrogens is 216 g/mol. The summed E-state index contributed by atoms with van der Waals surface area (Å²) in [4.78, 5) is 22.6. The number of halogens is 1. The Labute approximate surface area is 95.7 Å². The second-order valence-corrected chi connectivity index (χ2v) is 4.64. The summed E-state index contributed by atoms with van der Waals surface area (Å²) in [5.41, 5.74) is 0. The van der Waals surface area contributed by atoms with Crippen molar-refractivity contribution in [2.24, 2.45) is 5.92 Å². The van der Waals surface area contributed by atoms with Gasteiger partial charge in [0.1, 0.15) is 11.4 Å². The third-order valence-electron chi connectivity index (χ3n) is 1.80. The molecule has 0 heterocycles. The molecule has 0 saturated heterocycles. The van der Waals surface area contributed by atoms with Gasteiger partial charge in [-0.1, -0.05) is 13.8 Å². The van der Waals surface area contributed by atoms with Crippen molar-refractivity contribution in [2.45, 2.75) is 39.1 Å². The van der Waals surface area contributed by atoms with E-state index in [4.69, 9.17) is 11.6 Å². The summed E-state index contributed by atoms with van der Waals surface area (Å²) >= 11 is 5.56. The highest BCUT2D eigenvalue weighted by Crippen LogP contribution is 1.94. The number of alkyl halides is 1. The molecule has 88 valence electrons. The molecule has 0 aromatic carbocycles. The van der Waals surface area contributed by atoms with Crippen molar-refractivity contribution in [2.75, 3.05) is 6.54 Å². The van der Waals surface area contributed by atoms with Crippen molar-refractivity contribution in [3.05, 3.63) is 0 Å². The third kappa shape index (κ3) is 6.33. The summed E-state index contributed by atoms with van der Waals surface area (Å²) in [6.45, 7) is 7.81. The van der Waals surface area contributed by atoms with Crippen LogP contribution in [0.1, 0.15) is 27.7 Å². The molecule has 0 aromatic rings. The maximum atomic E-state index is 11.4. The maximum absolute atomic E-state index is 11.4. The standard InChI is InChI=1S/C10H19ClN2O2/c1-6(2)5-12-10(15)8(4)13-9(14)7(3)11/h6-8H,5H2,1-4H3,(H,12,15)(H,13,14). The lowest BCUT2D eigenvalue weighted by molar-refractivity contribution is -0.128. The van der Waals surface area contributed by atoms with Crippen LogP contribution in [-0.4, -0.2) is 29.8 Å². The molecule has 2 atom stereocenters. The summed E-state index contributed by atoms with van der Waals surface area (Å²) in [5.74, 6) is -0.123. The zero-order chi connectivity index (χ0) is 12.0. The van der Waals surface area contributed by atoms with Crippen LogP contribution >= 0.6 is 11.6 Å². The zero-order valence-corrected chi connectivity index (χ0v) is 10.4. The van der Waals surface area contributed by atoms with Gasteiger partial charge in [-0.05, 0) is 19.8 Å².